The van der Waals surface area contributed by atoms with E-state index in [9.17, 15) is 9.59 Å². The monoisotopic (exact) mass is 590 g/mol. The van der Waals surface area contributed by atoms with Gasteiger partial charge >= 0.3 is 0 Å². The van der Waals surface area contributed by atoms with E-state index in [0.29, 0.717) is 24.2 Å². The van der Waals surface area contributed by atoms with Crippen molar-refractivity contribution in [2.75, 3.05) is 21.3 Å². The van der Waals surface area contributed by atoms with Gasteiger partial charge in [0.2, 0.25) is 5.91 Å². The number of hydrogen-bond acceptors (Lipinski definition) is 6. The van der Waals surface area contributed by atoms with E-state index in [0.717, 1.165) is 55.4 Å². The van der Waals surface area contributed by atoms with Crippen LogP contribution in [-0.2, 0) is 22.4 Å². The lowest BCUT2D eigenvalue weighted by Crippen LogP contribution is -2.44. The van der Waals surface area contributed by atoms with E-state index in [1.807, 2.05) is 19.9 Å². The lowest BCUT2D eigenvalue weighted by Gasteiger charge is -2.38. The third kappa shape index (κ3) is 7.77. The van der Waals surface area contributed by atoms with Crippen molar-refractivity contribution in [1.29, 1.82) is 0 Å². The summed E-state index contributed by atoms with van der Waals surface area (Å²) in [4.78, 5) is 31.4. The molecule has 1 fully saturated rings. The Hall–Kier alpha value is -3.39. The van der Waals surface area contributed by atoms with Crippen molar-refractivity contribution >= 4 is 17.8 Å². The van der Waals surface area contributed by atoms with Crippen molar-refractivity contribution < 1.29 is 19.1 Å². The van der Waals surface area contributed by atoms with Crippen molar-refractivity contribution in [1.82, 2.24) is 10.2 Å². The second kappa shape index (κ2) is 13.9. The summed E-state index contributed by atoms with van der Waals surface area (Å²) in [6.45, 7) is 8.16. The summed E-state index contributed by atoms with van der Waals surface area (Å²) >= 11 is 0. The van der Waals surface area contributed by atoms with Crippen LogP contribution in [0.4, 0.5) is 0 Å². The molecule has 8 nitrogen and oxygen atoms in total. The first kappa shape index (κ1) is 32.5. The van der Waals surface area contributed by atoms with Crippen LogP contribution in [0.5, 0.6) is 5.75 Å². The number of ether oxygens (including phenoxy) is 2. The van der Waals surface area contributed by atoms with Gasteiger partial charge in [0.05, 0.1) is 12.1 Å². The molecule has 2 aliphatic carbocycles. The minimum Gasteiger partial charge on any atom is -0.487 e. The van der Waals surface area contributed by atoms with Gasteiger partial charge in [-0.15, -0.1) is 0 Å². The lowest BCUT2D eigenvalue weighted by atomic mass is 9.88. The maximum Gasteiger partial charge on any atom is 0.251 e. The molecule has 0 aromatic heterocycles. The van der Waals surface area contributed by atoms with E-state index in [1.165, 1.54) is 28.0 Å². The highest BCUT2D eigenvalue weighted by Crippen LogP contribution is 2.52. The van der Waals surface area contributed by atoms with Crippen molar-refractivity contribution in [2.24, 2.45) is 16.6 Å². The van der Waals surface area contributed by atoms with Crippen LogP contribution >= 0.6 is 0 Å². The fourth-order valence-corrected chi connectivity index (χ4v) is 6.52. The van der Waals surface area contributed by atoms with Gasteiger partial charge in [0.15, 0.2) is 5.96 Å². The SMILES string of the molecule is CC.CN1C(=O)CC(CCC2CC2c2ccc3c(c2)C(NC(=O)c2ccc4c(c2)CCC4)CC(C)(C)O3)N=C1N.COC. The molecule has 2 amide bonds. The second-order valence-corrected chi connectivity index (χ2v) is 12.6. The van der Waals surface area contributed by atoms with E-state index in [-0.39, 0.29) is 29.5 Å². The second-order valence-electron chi connectivity index (χ2n) is 12.6. The van der Waals surface area contributed by atoms with Crippen LogP contribution in [-0.4, -0.2) is 55.6 Å². The van der Waals surface area contributed by atoms with E-state index in [2.05, 4.69) is 59.2 Å². The highest BCUT2D eigenvalue weighted by molar-refractivity contribution is 5.98. The van der Waals surface area contributed by atoms with E-state index >= 15 is 0 Å². The first-order valence-corrected chi connectivity index (χ1v) is 15.8. The number of guanidine groups is 1. The summed E-state index contributed by atoms with van der Waals surface area (Å²) < 4.78 is 10.6. The lowest BCUT2D eigenvalue weighted by molar-refractivity contribution is -0.127. The largest absolute Gasteiger partial charge is 0.487 e. The molecule has 3 N–H and O–H groups in total. The van der Waals surface area contributed by atoms with Gasteiger partial charge in [-0.2, -0.15) is 0 Å². The molecule has 4 aliphatic rings. The molecule has 234 valence electrons. The van der Waals surface area contributed by atoms with Crippen LogP contribution in [0.15, 0.2) is 41.4 Å². The third-order valence-corrected chi connectivity index (χ3v) is 8.82. The molecule has 6 rings (SSSR count). The van der Waals surface area contributed by atoms with Gasteiger partial charge in [0.25, 0.3) is 5.91 Å². The molecule has 8 heteroatoms. The number of rotatable bonds is 6. The molecule has 2 aromatic rings. The van der Waals surface area contributed by atoms with Crippen LogP contribution in [0.3, 0.4) is 0 Å². The molecule has 0 bridgehead atoms. The smallest absolute Gasteiger partial charge is 0.251 e. The number of hydrogen-bond donors (Lipinski definition) is 2. The number of nitrogens with zero attached hydrogens (tertiary/aromatic N) is 2. The third-order valence-electron chi connectivity index (χ3n) is 8.82. The Bertz CT molecular complexity index is 1340. The summed E-state index contributed by atoms with van der Waals surface area (Å²) in [5.74, 6) is 2.28. The van der Waals surface area contributed by atoms with Crippen molar-refractivity contribution in [3.05, 3.63) is 64.2 Å². The number of nitrogens with one attached hydrogen (secondary N) is 1. The number of aryl methyl sites for hydroxylation is 2. The number of carbonyl (C=O) groups is 2. The molecule has 4 atom stereocenters. The Morgan fingerprint density at radius 2 is 1.84 bits per heavy atom. The predicted octanol–water partition coefficient (Wildman–Crippen LogP) is 5.93. The highest BCUT2D eigenvalue weighted by Gasteiger charge is 2.41. The van der Waals surface area contributed by atoms with E-state index < -0.39 is 0 Å². The molecular formula is C35H50N4O4. The van der Waals surface area contributed by atoms with E-state index in [4.69, 9.17) is 10.5 Å². The predicted molar refractivity (Wildman–Crippen MR) is 172 cm³/mol. The van der Waals surface area contributed by atoms with Gasteiger partial charge in [0.1, 0.15) is 11.4 Å². The summed E-state index contributed by atoms with van der Waals surface area (Å²) in [6, 6.07) is 12.5. The van der Waals surface area contributed by atoms with Crippen molar-refractivity contribution in [2.45, 2.75) is 103 Å². The molecule has 2 aromatic carbocycles. The van der Waals surface area contributed by atoms with Crippen molar-refractivity contribution in [3.63, 3.8) is 0 Å². The Morgan fingerprint density at radius 1 is 1.12 bits per heavy atom. The number of methoxy groups -OCH3 is 1. The average molecular weight is 591 g/mol. The first-order valence-electron chi connectivity index (χ1n) is 15.8. The number of benzene rings is 2. The Labute approximate surface area is 257 Å². The van der Waals surface area contributed by atoms with Crippen LogP contribution < -0.4 is 15.8 Å². The zero-order valence-electron chi connectivity index (χ0n) is 27.0. The Kier molecular flexibility index (Phi) is 10.5. The molecule has 0 spiro atoms. The number of aliphatic imine (C=N–C) groups is 1. The molecule has 4 unspecified atom stereocenters. The molecule has 0 radical (unpaired) electrons. The van der Waals surface area contributed by atoms with Gasteiger partial charge < -0.3 is 20.5 Å². The molecule has 0 saturated heterocycles. The average Bonchev–Trinajstić information content (AvgIpc) is 3.60. The van der Waals surface area contributed by atoms with Crippen LogP contribution in [0.25, 0.3) is 0 Å². The minimum atomic E-state index is -0.361. The quantitative estimate of drug-likeness (QED) is 0.434. The standard InChI is InChI=1S/C31H38N4O3.C2H6O.C2H6/c1-31(2)17-26(34-29(37)22-8-7-18-5-4-6-19(18)13-22)25-15-21(10-12-27(25)38-31)24-14-20(24)9-11-23-16-28(36)35(3)30(32)33-23;1-3-2;1-2/h7-8,10,12-13,15,20,23-24,26H,4-6,9,11,14,16-17H2,1-3H3,(H2,32,33)(H,34,37);1-2H3;1-2H3. The molecular weight excluding hydrogens is 540 g/mol. The topological polar surface area (TPSA) is 106 Å². The summed E-state index contributed by atoms with van der Waals surface area (Å²) in [5, 5.41) is 3.33. The zero-order chi connectivity index (χ0) is 31.3. The number of amides is 2. The van der Waals surface area contributed by atoms with Crippen molar-refractivity contribution in [3.8, 4) is 5.75 Å². The number of nitrogens with two attached hydrogens (primary N) is 1. The highest BCUT2D eigenvalue weighted by atomic mass is 16.5. The minimum absolute atomic E-state index is 0.0158. The molecule has 2 aliphatic heterocycles. The van der Waals surface area contributed by atoms with Crippen LogP contribution in [0.1, 0.15) is 111 Å². The van der Waals surface area contributed by atoms with Gasteiger partial charge in [-0.3, -0.25) is 14.5 Å². The van der Waals surface area contributed by atoms with Gasteiger partial charge in [-0.05, 0) is 105 Å². The van der Waals surface area contributed by atoms with Gasteiger partial charge in [-0.25, -0.2) is 4.99 Å². The Balaban J connectivity index is 0.000000798. The normalized spacial score (nSPS) is 24.6. The molecule has 2 heterocycles. The van der Waals surface area contributed by atoms with Gasteiger partial charge in [0, 0.05) is 45.2 Å². The maximum absolute atomic E-state index is 13.3. The van der Waals surface area contributed by atoms with Crippen LogP contribution in [0, 0.1) is 5.92 Å². The number of carbonyl (C=O) groups excluding carboxylic acids is 2. The zero-order valence-corrected chi connectivity index (χ0v) is 27.0. The fraction of sp³-hybridized carbons (Fsp3) is 0.571. The fourth-order valence-electron chi connectivity index (χ4n) is 6.52. The van der Waals surface area contributed by atoms with Gasteiger partial charge in [-0.1, -0.05) is 26.0 Å². The van der Waals surface area contributed by atoms with E-state index in [1.54, 1.807) is 21.3 Å². The molecule has 1 saturated carbocycles. The summed E-state index contributed by atoms with van der Waals surface area (Å²) in [7, 11) is 4.93. The number of fused-ring (bicyclic) bond motifs is 2. The van der Waals surface area contributed by atoms with Crippen LogP contribution in [0.2, 0.25) is 0 Å². The first-order chi connectivity index (χ1) is 20.6. The summed E-state index contributed by atoms with van der Waals surface area (Å²) in [5.41, 5.74) is 11.3. The molecule has 43 heavy (non-hydrogen) atoms. The summed E-state index contributed by atoms with van der Waals surface area (Å²) in [6.07, 6.45) is 7.54. The maximum atomic E-state index is 13.3. The Morgan fingerprint density at radius 3 is 2.56 bits per heavy atom.